The van der Waals surface area contributed by atoms with Crippen molar-refractivity contribution in [3.63, 3.8) is 0 Å². The van der Waals surface area contributed by atoms with E-state index in [1.807, 2.05) is 24.3 Å². The molecule has 0 amide bonds. The lowest BCUT2D eigenvalue weighted by Gasteiger charge is -2.07. The molecule has 0 N–H and O–H groups in total. The highest BCUT2D eigenvalue weighted by molar-refractivity contribution is 8.00. The molecule has 110 valence electrons. The largest absolute Gasteiger partial charge is 0.383 e. The summed E-state index contributed by atoms with van der Waals surface area (Å²) in [6.45, 7) is 1.30. The Morgan fingerprint density at radius 3 is 2.80 bits per heavy atom. The van der Waals surface area contributed by atoms with Gasteiger partial charge >= 0.3 is 0 Å². The van der Waals surface area contributed by atoms with E-state index in [0.29, 0.717) is 18.9 Å². The Morgan fingerprint density at radius 2 is 2.10 bits per heavy atom. The highest BCUT2D eigenvalue weighted by Crippen LogP contribution is 2.24. The quantitative estimate of drug-likeness (QED) is 0.730. The molecule has 2 aromatic rings. The summed E-state index contributed by atoms with van der Waals surface area (Å²) in [6.07, 6.45) is 1.25. The van der Waals surface area contributed by atoms with E-state index in [-0.39, 0.29) is 5.75 Å². The number of rotatable bonds is 7. The second kappa shape index (κ2) is 6.60. The van der Waals surface area contributed by atoms with Crippen molar-refractivity contribution >= 4 is 32.6 Å². The van der Waals surface area contributed by atoms with Gasteiger partial charge in [0, 0.05) is 25.7 Å². The van der Waals surface area contributed by atoms with Gasteiger partial charge in [-0.05, 0) is 12.1 Å². The minimum atomic E-state index is -2.94. The van der Waals surface area contributed by atoms with Crippen molar-refractivity contribution in [1.82, 2.24) is 9.55 Å². The molecule has 0 spiro atoms. The molecular formula is C13H18N2O3S2. The molecule has 0 aliphatic heterocycles. The van der Waals surface area contributed by atoms with E-state index in [1.54, 1.807) is 7.11 Å². The van der Waals surface area contributed by atoms with Crippen molar-refractivity contribution in [2.24, 2.45) is 0 Å². The van der Waals surface area contributed by atoms with E-state index in [2.05, 4.69) is 9.55 Å². The number of sulfone groups is 1. The molecule has 5 nitrogen and oxygen atoms in total. The Balaban J connectivity index is 2.22. The van der Waals surface area contributed by atoms with E-state index in [0.717, 1.165) is 16.2 Å². The second-order valence-corrected chi connectivity index (χ2v) is 7.83. The maximum atomic E-state index is 11.2. The molecule has 0 saturated carbocycles. The van der Waals surface area contributed by atoms with Gasteiger partial charge in [-0.25, -0.2) is 13.4 Å². The molecular weight excluding hydrogens is 296 g/mol. The van der Waals surface area contributed by atoms with Crippen molar-refractivity contribution in [2.75, 3.05) is 31.5 Å². The summed E-state index contributed by atoms with van der Waals surface area (Å²) >= 11 is 1.47. The Labute approximate surface area is 123 Å². The molecule has 1 aromatic carbocycles. The van der Waals surface area contributed by atoms with Gasteiger partial charge in [0.25, 0.3) is 0 Å². The van der Waals surface area contributed by atoms with Crippen LogP contribution in [0.4, 0.5) is 0 Å². The predicted octanol–water partition coefficient (Wildman–Crippen LogP) is 1.82. The number of aromatic nitrogens is 2. The second-order valence-electron chi connectivity index (χ2n) is 4.51. The van der Waals surface area contributed by atoms with Gasteiger partial charge in [0.15, 0.2) is 5.16 Å². The third-order valence-corrected chi connectivity index (χ3v) is 5.01. The monoisotopic (exact) mass is 314 g/mol. The van der Waals surface area contributed by atoms with Crippen molar-refractivity contribution in [3.8, 4) is 0 Å². The van der Waals surface area contributed by atoms with Crippen LogP contribution >= 0.6 is 11.8 Å². The summed E-state index contributed by atoms with van der Waals surface area (Å²) in [7, 11) is -1.27. The van der Waals surface area contributed by atoms with Gasteiger partial charge in [-0.3, -0.25) is 0 Å². The van der Waals surface area contributed by atoms with Crippen LogP contribution in [0.2, 0.25) is 0 Å². The van der Waals surface area contributed by atoms with Crippen molar-refractivity contribution < 1.29 is 13.2 Å². The normalized spacial score (nSPS) is 12.1. The first-order valence-electron chi connectivity index (χ1n) is 6.26. The maximum absolute atomic E-state index is 11.2. The average molecular weight is 314 g/mol. The molecule has 0 saturated heterocycles. The fourth-order valence-electron chi connectivity index (χ4n) is 1.85. The molecule has 0 aliphatic rings. The zero-order valence-corrected chi connectivity index (χ0v) is 13.2. The number of ether oxygens (including phenoxy) is 1. The van der Waals surface area contributed by atoms with E-state index in [9.17, 15) is 8.42 Å². The number of fused-ring (bicyclic) bond motifs is 1. The minimum absolute atomic E-state index is 0.158. The average Bonchev–Trinajstić information content (AvgIpc) is 2.72. The summed E-state index contributed by atoms with van der Waals surface area (Å²) in [5, 5.41) is 0.840. The van der Waals surface area contributed by atoms with Gasteiger partial charge in [-0.1, -0.05) is 23.9 Å². The van der Waals surface area contributed by atoms with E-state index in [4.69, 9.17) is 4.74 Å². The fourth-order valence-corrected chi connectivity index (χ4v) is 4.08. The molecule has 1 heterocycles. The molecule has 1 aromatic heterocycles. The van der Waals surface area contributed by atoms with Crippen molar-refractivity contribution in [1.29, 1.82) is 0 Å². The lowest BCUT2D eigenvalue weighted by Crippen LogP contribution is -2.08. The van der Waals surface area contributed by atoms with Gasteiger partial charge in [0.1, 0.15) is 9.84 Å². The highest BCUT2D eigenvalue weighted by atomic mass is 32.2. The topological polar surface area (TPSA) is 61.2 Å². The van der Waals surface area contributed by atoms with Crippen LogP contribution in [0.3, 0.4) is 0 Å². The zero-order valence-electron chi connectivity index (χ0n) is 11.6. The van der Waals surface area contributed by atoms with Crippen LogP contribution in [0, 0.1) is 0 Å². The highest BCUT2D eigenvalue weighted by Gasteiger charge is 2.11. The van der Waals surface area contributed by atoms with Crippen LogP contribution in [-0.2, 0) is 21.1 Å². The van der Waals surface area contributed by atoms with E-state index >= 15 is 0 Å². The van der Waals surface area contributed by atoms with Crippen molar-refractivity contribution in [3.05, 3.63) is 24.3 Å². The Hall–Kier alpha value is -1.05. The van der Waals surface area contributed by atoms with E-state index < -0.39 is 9.84 Å². The molecule has 0 radical (unpaired) electrons. The fraction of sp³-hybridized carbons (Fsp3) is 0.462. The SMILES string of the molecule is COCCn1c(SCCS(C)(=O)=O)nc2ccccc21. The van der Waals surface area contributed by atoms with Crippen LogP contribution in [-0.4, -0.2) is 49.4 Å². The summed E-state index contributed by atoms with van der Waals surface area (Å²) in [5.74, 6) is 0.667. The summed E-state index contributed by atoms with van der Waals surface area (Å²) in [4.78, 5) is 4.56. The number of imidazole rings is 1. The number of para-hydroxylation sites is 2. The summed E-state index contributed by atoms with van der Waals surface area (Å²) in [5.41, 5.74) is 1.97. The smallest absolute Gasteiger partial charge is 0.169 e. The third-order valence-electron chi connectivity index (χ3n) is 2.82. The minimum Gasteiger partial charge on any atom is -0.383 e. The first-order chi connectivity index (χ1) is 9.51. The van der Waals surface area contributed by atoms with Gasteiger partial charge in [-0.15, -0.1) is 0 Å². The van der Waals surface area contributed by atoms with Crippen LogP contribution in [0.15, 0.2) is 29.4 Å². The third kappa shape index (κ3) is 3.97. The number of methoxy groups -OCH3 is 1. The van der Waals surface area contributed by atoms with Crippen LogP contribution < -0.4 is 0 Å². The lowest BCUT2D eigenvalue weighted by molar-refractivity contribution is 0.186. The Morgan fingerprint density at radius 1 is 1.35 bits per heavy atom. The molecule has 20 heavy (non-hydrogen) atoms. The molecule has 0 fully saturated rings. The number of thioether (sulfide) groups is 1. The summed E-state index contributed by atoms with van der Waals surface area (Å²) in [6, 6.07) is 7.89. The first kappa shape index (κ1) is 15.3. The van der Waals surface area contributed by atoms with Crippen molar-refractivity contribution in [2.45, 2.75) is 11.7 Å². The van der Waals surface area contributed by atoms with Gasteiger partial charge in [0.2, 0.25) is 0 Å². The molecule has 0 atom stereocenters. The van der Waals surface area contributed by atoms with Gasteiger partial charge in [0.05, 0.1) is 23.4 Å². The summed E-state index contributed by atoms with van der Waals surface area (Å²) < 4.78 is 29.6. The number of hydrogen-bond donors (Lipinski definition) is 0. The Kier molecular flexibility index (Phi) is 5.06. The van der Waals surface area contributed by atoms with Crippen LogP contribution in [0.1, 0.15) is 0 Å². The predicted molar refractivity (Wildman–Crippen MR) is 82.0 cm³/mol. The van der Waals surface area contributed by atoms with Gasteiger partial charge < -0.3 is 9.30 Å². The van der Waals surface area contributed by atoms with Crippen LogP contribution in [0.25, 0.3) is 11.0 Å². The van der Waals surface area contributed by atoms with Crippen LogP contribution in [0.5, 0.6) is 0 Å². The molecule has 0 unspecified atom stereocenters. The number of hydrogen-bond acceptors (Lipinski definition) is 5. The molecule has 7 heteroatoms. The molecule has 2 rings (SSSR count). The van der Waals surface area contributed by atoms with Gasteiger partial charge in [-0.2, -0.15) is 0 Å². The number of nitrogens with zero attached hydrogens (tertiary/aromatic N) is 2. The molecule has 0 aliphatic carbocycles. The standard InChI is InChI=1S/C13H18N2O3S2/c1-18-8-7-15-12-6-4-3-5-11(12)14-13(15)19-9-10-20(2,16)17/h3-6H,7-10H2,1-2H3. The zero-order chi connectivity index (χ0) is 14.6. The van der Waals surface area contributed by atoms with E-state index in [1.165, 1.54) is 18.0 Å². The number of benzene rings is 1. The molecule has 0 bridgehead atoms. The maximum Gasteiger partial charge on any atom is 0.169 e. The Bertz CT molecular complexity index is 680. The first-order valence-corrected chi connectivity index (χ1v) is 9.30. The lowest BCUT2D eigenvalue weighted by atomic mass is 10.3.